The Kier molecular flexibility index (Phi) is 5.93. The first-order valence-corrected chi connectivity index (χ1v) is 10.0. The Morgan fingerprint density at radius 2 is 2.33 bits per heavy atom. The molecular formula is C17H22N4OS2. The summed E-state index contributed by atoms with van der Waals surface area (Å²) in [5.41, 5.74) is 7.22. The van der Waals surface area contributed by atoms with Crippen molar-refractivity contribution in [3.05, 3.63) is 63.0 Å². The zero-order valence-electron chi connectivity index (χ0n) is 13.8. The Morgan fingerprint density at radius 3 is 2.92 bits per heavy atom. The van der Waals surface area contributed by atoms with Crippen LogP contribution in [0.25, 0.3) is 0 Å². The highest BCUT2D eigenvalue weighted by atomic mass is 32.2. The molecule has 0 bridgehead atoms. The largest absolute Gasteiger partial charge is 0.384 e. The van der Waals surface area contributed by atoms with Gasteiger partial charge in [0.15, 0.2) is 0 Å². The van der Waals surface area contributed by atoms with Gasteiger partial charge in [-0.2, -0.15) is 0 Å². The SMILES string of the molecule is C=S(=O)(NC(Cc1cccc(C(=N)N)c1)c1nccs1)/C(C)=C/C. The number of thiazole rings is 1. The van der Waals surface area contributed by atoms with Gasteiger partial charge in [-0.25, -0.2) is 13.9 Å². The molecule has 0 aliphatic carbocycles. The minimum absolute atomic E-state index is 0.0290. The summed E-state index contributed by atoms with van der Waals surface area (Å²) in [7, 11) is -2.57. The Balaban J connectivity index is 2.32. The number of rotatable bonds is 7. The number of amidine groups is 1. The molecule has 0 radical (unpaired) electrons. The number of hydrogen-bond acceptors (Lipinski definition) is 4. The van der Waals surface area contributed by atoms with E-state index in [4.69, 9.17) is 11.1 Å². The van der Waals surface area contributed by atoms with Gasteiger partial charge in [0, 0.05) is 31.8 Å². The van der Waals surface area contributed by atoms with E-state index in [1.165, 1.54) is 11.3 Å². The summed E-state index contributed by atoms with van der Waals surface area (Å²) in [5.74, 6) is 3.88. The van der Waals surface area contributed by atoms with Gasteiger partial charge in [0.2, 0.25) is 0 Å². The second-order valence-corrected chi connectivity index (χ2v) is 8.59. The van der Waals surface area contributed by atoms with Crippen LogP contribution in [-0.4, -0.2) is 20.9 Å². The zero-order chi connectivity index (χ0) is 17.7. The third kappa shape index (κ3) is 4.53. The Labute approximate surface area is 147 Å². The van der Waals surface area contributed by atoms with Crippen LogP contribution in [0.2, 0.25) is 0 Å². The summed E-state index contributed by atoms with van der Waals surface area (Å²) in [6, 6.07) is 7.27. The summed E-state index contributed by atoms with van der Waals surface area (Å²) in [5, 5.41) is 10.3. The molecular weight excluding hydrogens is 340 g/mol. The lowest BCUT2D eigenvalue weighted by Gasteiger charge is -2.20. The molecule has 2 rings (SSSR count). The number of hydrogen-bond donors (Lipinski definition) is 3. The molecule has 1 aromatic heterocycles. The molecule has 2 atom stereocenters. The first kappa shape index (κ1) is 18.4. The molecule has 4 N–H and O–H groups in total. The summed E-state index contributed by atoms with van der Waals surface area (Å²) < 4.78 is 16.0. The van der Waals surface area contributed by atoms with Gasteiger partial charge in [-0.1, -0.05) is 24.3 Å². The molecule has 0 aliphatic heterocycles. The fraction of sp³-hybridized carbons (Fsp3) is 0.235. The van der Waals surface area contributed by atoms with E-state index in [9.17, 15) is 4.21 Å². The van der Waals surface area contributed by atoms with Crippen molar-refractivity contribution in [2.75, 3.05) is 0 Å². The number of benzene rings is 1. The van der Waals surface area contributed by atoms with Crippen molar-refractivity contribution in [2.24, 2.45) is 5.73 Å². The van der Waals surface area contributed by atoms with Gasteiger partial charge in [0.05, 0.1) is 6.04 Å². The fourth-order valence-electron chi connectivity index (χ4n) is 2.20. The number of nitrogen functional groups attached to an aromatic ring is 1. The van der Waals surface area contributed by atoms with Crippen molar-refractivity contribution in [3.8, 4) is 0 Å². The second kappa shape index (κ2) is 7.74. The van der Waals surface area contributed by atoms with Crippen molar-refractivity contribution in [1.29, 1.82) is 5.41 Å². The molecule has 0 saturated carbocycles. The van der Waals surface area contributed by atoms with Crippen LogP contribution in [0.5, 0.6) is 0 Å². The van der Waals surface area contributed by atoms with Crippen molar-refractivity contribution in [2.45, 2.75) is 26.3 Å². The number of allylic oxidation sites excluding steroid dienone is 2. The summed E-state index contributed by atoms with van der Waals surface area (Å²) >= 11 is 1.51. The van der Waals surface area contributed by atoms with Crippen LogP contribution in [0.3, 0.4) is 0 Å². The molecule has 0 amide bonds. The van der Waals surface area contributed by atoms with Crippen LogP contribution in [0.15, 0.2) is 46.8 Å². The zero-order valence-corrected chi connectivity index (χ0v) is 15.4. The minimum Gasteiger partial charge on any atom is -0.384 e. The van der Waals surface area contributed by atoms with Crippen LogP contribution >= 0.6 is 11.3 Å². The lowest BCUT2D eigenvalue weighted by Crippen LogP contribution is -2.30. The van der Waals surface area contributed by atoms with Crippen LogP contribution in [0.1, 0.15) is 36.0 Å². The van der Waals surface area contributed by atoms with E-state index in [0.29, 0.717) is 16.9 Å². The molecule has 24 heavy (non-hydrogen) atoms. The van der Waals surface area contributed by atoms with E-state index >= 15 is 0 Å². The van der Waals surface area contributed by atoms with E-state index in [-0.39, 0.29) is 11.9 Å². The van der Waals surface area contributed by atoms with E-state index in [1.54, 1.807) is 25.3 Å². The van der Waals surface area contributed by atoms with Gasteiger partial charge in [-0.3, -0.25) is 5.41 Å². The maximum Gasteiger partial charge on any atom is 0.122 e. The molecule has 1 aromatic carbocycles. The molecule has 0 saturated heterocycles. The summed E-state index contributed by atoms with van der Waals surface area (Å²) in [4.78, 5) is 5.07. The first-order valence-electron chi connectivity index (χ1n) is 7.43. The van der Waals surface area contributed by atoms with Gasteiger partial charge in [0.1, 0.15) is 10.8 Å². The number of nitrogens with two attached hydrogens (primary N) is 1. The van der Waals surface area contributed by atoms with E-state index < -0.39 is 9.71 Å². The Bertz CT molecular complexity index is 839. The van der Waals surface area contributed by atoms with E-state index in [0.717, 1.165) is 10.6 Å². The fourth-order valence-corrected chi connectivity index (χ4v) is 4.19. The number of nitrogens with one attached hydrogen (secondary N) is 2. The number of aromatic nitrogens is 1. The van der Waals surface area contributed by atoms with E-state index in [2.05, 4.69) is 15.6 Å². The van der Waals surface area contributed by atoms with Crippen molar-refractivity contribution < 1.29 is 4.21 Å². The molecule has 1 heterocycles. The molecule has 7 heteroatoms. The molecule has 0 aliphatic rings. The van der Waals surface area contributed by atoms with Gasteiger partial charge >= 0.3 is 0 Å². The third-order valence-corrected chi connectivity index (χ3v) is 6.52. The van der Waals surface area contributed by atoms with Crippen molar-refractivity contribution in [3.63, 3.8) is 0 Å². The standard InChI is InChI=1S/C17H22N4OS2/c1-4-12(2)24(3,22)21-15(17-20-8-9-23-17)11-13-6-5-7-14(10-13)16(18)19/h4-10,15H,3,11H2,1-2H3,(H3,18,19)(H,21,22)/b12-4+. The van der Waals surface area contributed by atoms with Crippen molar-refractivity contribution in [1.82, 2.24) is 9.71 Å². The van der Waals surface area contributed by atoms with Gasteiger partial charge in [-0.15, -0.1) is 11.3 Å². The quantitative estimate of drug-likeness (QED) is 0.402. The highest BCUT2D eigenvalue weighted by Crippen LogP contribution is 2.23. The third-order valence-electron chi connectivity index (χ3n) is 3.69. The average molecular weight is 363 g/mol. The summed E-state index contributed by atoms with van der Waals surface area (Å²) in [6.45, 7) is 3.65. The Morgan fingerprint density at radius 1 is 1.58 bits per heavy atom. The Hall–Kier alpha value is -1.96. The van der Waals surface area contributed by atoms with Crippen LogP contribution < -0.4 is 10.5 Å². The minimum atomic E-state index is -2.57. The van der Waals surface area contributed by atoms with Crippen LogP contribution in [-0.2, 0) is 16.1 Å². The predicted molar refractivity (Wildman–Crippen MR) is 104 cm³/mol. The molecule has 2 aromatic rings. The van der Waals surface area contributed by atoms with Gasteiger partial charge < -0.3 is 5.73 Å². The second-order valence-electron chi connectivity index (χ2n) is 5.43. The highest BCUT2D eigenvalue weighted by molar-refractivity contribution is 8.02. The lowest BCUT2D eigenvalue weighted by molar-refractivity contribution is 0.623. The average Bonchev–Trinajstić information content (AvgIpc) is 3.08. The molecule has 0 spiro atoms. The predicted octanol–water partition coefficient (Wildman–Crippen LogP) is 2.86. The molecule has 2 unspecified atom stereocenters. The highest BCUT2D eigenvalue weighted by Gasteiger charge is 2.20. The van der Waals surface area contributed by atoms with Crippen molar-refractivity contribution >= 4 is 32.8 Å². The lowest BCUT2D eigenvalue weighted by atomic mass is 10.0. The van der Waals surface area contributed by atoms with E-state index in [1.807, 2.05) is 30.5 Å². The van der Waals surface area contributed by atoms with Gasteiger partial charge in [-0.05, 0) is 37.8 Å². The molecule has 5 nitrogen and oxygen atoms in total. The monoisotopic (exact) mass is 362 g/mol. The number of nitrogens with zero attached hydrogens (tertiary/aromatic N) is 1. The van der Waals surface area contributed by atoms with Crippen LogP contribution in [0, 0.1) is 5.41 Å². The molecule has 128 valence electrons. The normalized spacial score (nSPS) is 15.7. The maximum atomic E-state index is 12.8. The molecule has 0 fully saturated rings. The van der Waals surface area contributed by atoms with Crippen LogP contribution in [0.4, 0.5) is 0 Å². The first-order chi connectivity index (χ1) is 11.3. The summed E-state index contributed by atoms with van der Waals surface area (Å²) in [6.07, 6.45) is 4.11. The smallest absolute Gasteiger partial charge is 0.122 e. The topological polar surface area (TPSA) is 91.9 Å². The maximum absolute atomic E-state index is 12.8. The van der Waals surface area contributed by atoms with Gasteiger partial charge in [0.25, 0.3) is 0 Å².